The smallest absolute Gasteiger partial charge is 0.226 e. The molecule has 0 radical (unpaired) electrons. The lowest BCUT2D eigenvalue weighted by Crippen LogP contribution is -2.18. The first-order chi connectivity index (χ1) is 6.25. The monoisotopic (exact) mass is 177 g/mol. The topological polar surface area (TPSA) is 54.0 Å². The minimum absolute atomic E-state index is 0.0340. The molecule has 13 heavy (non-hydrogen) atoms. The van der Waals surface area contributed by atoms with Gasteiger partial charge in [0.25, 0.3) is 0 Å². The molecule has 1 aromatic rings. The summed E-state index contributed by atoms with van der Waals surface area (Å²) in [5.41, 5.74) is 1.70. The third kappa shape index (κ3) is 1.61. The zero-order chi connectivity index (χ0) is 9.26. The fourth-order valence-electron chi connectivity index (χ4n) is 1.42. The molecular weight excluding hydrogens is 166 g/mol. The first-order valence-corrected chi connectivity index (χ1v) is 4.26. The van der Waals surface area contributed by atoms with Crippen molar-refractivity contribution in [1.82, 2.24) is 4.98 Å². The number of amides is 1. The van der Waals surface area contributed by atoms with Crippen LogP contribution in [0.5, 0.6) is 0 Å². The van der Waals surface area contributed by atoms with Crippen molar-refractivity contribution < 1.29 is 4.79 Å². The zero-order valence-corrected chi connectivity index (χ0v) is 7.37. The number of nitrogens with one attached hydrogen (secondary N) is 2. The molecule has 2 heterocycles. The van der Waals surface area contributed by atoms with Crippen molar-refractivity contribution in [2.24, 2.45) is 0 Å². The van der Waals surface area contributed by atoms with Crippen LogP contribution in [-0.2, 0) is 4.79 Å². The van der Waals surface area contributed by atoms with Gasteiger partial charge in [0.2, 0.25) is 5.91 Å². The van der Waals surface area contributed by atoms with Gasteiger partial charge >= 0.3 is 0 Å². The average Bonchev–Trinajstić information content (AvgIpc) is 2.20. The van der Waals surface area contributed by atoms with Gasteiger partial charge < -0.3 is 10.6 Å². The van der Waals surface area contributed by atoms with Gasteiger partial charge in [-0.1, -0.05) is 0 Å². The Balaban J connectivity index is 2.38. The molecule has 2 N–H and O–H groups in total. The number of rotatable bonds is 0. The van der Waals surface area contributed by atoms with Gasteiger partial charge in [-0.05, 0) is 13.0 Å². The molecule has 68 valence electrons. The molecule has 1 aromatic heterocycles. The van der Waals surface area contributed by atoms with E-state index in [0.717, 1.165) is 11.4 Å². The van der Waals surface area contributed by atoms with Gasteiger partial charge in [0.15, 0.2) is 0 Å². The summed E-state index contributed by atoms with van der Waals surface area (Å²) in [6.07, 6.45) is 3.85. The highest BCUT2D eigenvalue weighted by molar-refractivity contribution is 5.95. The van der Waals surface area contributed by atoms with Crippen LogP contribution in [0.15, 0.2) is 18.5 Å². The van der Waals surface area contributed by atoms with E-state index in [1.807, 2.05) is 13.0 Å². The van der Waals surface area contributed by atoms with Crippen molar-refractivity contribution in [2.75, 3.05) is 10.6 Å². The lowest BCUT2D eigenvalue weighted by molar-refractivity contribution is -0.116. The van der Waals surface area contributed by atoms with Gasteiger partial charge in [-0.3, -0.25) is 9.78 Å². The van der Waals surface area contributed by atoms with Crippen molar-refractivity contribution in [2.45, 2.75) is 19.4 Å². The second-order valence-corrected chi connectivity index (χ2v) is 3.22. The van der Waals surface area contributed by atoms with E-state index >= 15 is 0 Å². The lowest BCUT2D eigenvalue weighted by Gasteiger charge is -2.10. The number of anilines is 2. The summed E-state index contributed by atoms with van der Waals surface area (Å²) in [7, 11) is 0. The molecule has 0 fully saturated rings. The van der Waals surface area contributed by atoms with Crippen LogP contribution in [0.3, 0.4) is 0 Å². The van der Waals surface area contributed by atoms with Gasteiger partial charge in [0.05, 0.1) is 17.6 Å². The van der Waals surface area contributed by atoms with Crippen LogP contribution in [-0.4, -0.2) is 16.9 Å². The first-order valence-electron chi connectivity index (χ1n) is 4.26. The fraction of sp³-hybridized carbons (Fsp3) is 0.333. The van der Waals surface area contributed by atoms with Gasteiger partial charge in [0.1, 0.15) is 0 Å². The van der Waals surface area contributed by atoms with Crippen LogP contribution in [0.25, 0.3) is 0 Å². The van der Waals surface area contributed by atoms with Crippen molar-refractivity contribution >= 4 is 17.3 Å². The Morgan fingerprint density at radius 3 is 3.23 bits per heavy atom. The van der Waals surface area contributed by atoms with Crippen molar-refractivity contribution in [3.8, 4) is 0 Å². The Bertz CT molecular complexity index is 337. The van der Waals surface area contributed by atoms with Crippen LogP contribution in [0.4, 0.5) is 11.4 Å². The number of nitrogens with zero attached hydrogens (tertiary/aromatic N) is 1. The zero-order valence-electron chi connectivity index (χ0n) is 7.37. The third-order valence-corrected chi connectivity index (χ3v) is 1.99. The summed E-state index contributed by atoms with van der Waals surface area (Å²) in [5.74, 6) is 0.0340. The van der Waals surface area contributed by atoms with Crippen LogP contribution in [0.2, 0.25) is 0 Å². The molecule has 0 spiro atoms. The molecule has 4 heteroatoms. The summed E-state index contributed by atoms with van der Waals surface area (Å²) in [5, 5.41) is 6.02. The molecule has 1 unspecified atom stereocenters. The molecule has 1 amide bonds. The predicted octanol–water partition coefficient (Wildman–Crippen LogP) is 1.22. The minimum atomic E-state index is 0.0340. The van der Waals surface area contributed by atoms with Gasteiger partial charge in [-0.15, -0.1) is 0 Å². The molecule has 0 aliphatic carbocycles. The maximum atomic E-state index is 11.3. The second-order valence-electron chi connectivity index (χ2n) is 3.22. The van der Waals surface area contributed by atoms with Crippen LogP contribution in [0.1, 0.15) is 13.3 Å². The number of pyridine rings is 1. The molecule has 1 aliphatic rings. The second kappa shape index (κ2) is 3.05. The summed E-state index contributed by atoms with van der Waals surface area (Å²) < 4.78 is 0. The number of fused-ring (bicyclic) bond motifs is 1. The van der Waals surface area contributed by atoms with E-state index in [2.05, 4.69) is 15.6 Å². The largest absolute Gasteiger partial charge is 0.380 e. The van der Waals surface area contributed by atoms with Crippen LogP contribution >= 0.6 is 0 Å². The number of aromatic nitrogens is 1. The summed E-state index contributed by atoms with van der Waals surface area (Å²) in [6.45, 7) is 1.98. The van der Waals surface area contributed by atoms with Crippen molar-refractivity contribution in [3.63, 3.8) is 0 Å². The standard InChI is InChI=1S/C9H11N3O/c1-6-4-9(13)12-8-5-10-3-2-7(8)11-6/h2-3,5-6,11H,4H2,1H3,(H,12,13). The maximum Gasteiger partial charge on any atom is 0.226 e. The predicted molar refractivity (Wildman–Crippen MR) is 50.6 cm³/mol. The highest BCUT2D eigenvalue weighted by atomic mass is 16.1. The molecule has 2 rings (SSSR count). The Kier molecular flexibility index (Phi) is 1.88. The molecule has 1 atom stereocenters. The van der Waals surface area contributed by atoms with Crippen molar-refractivity contribution in [3.05, 3.63) is 18.5 Å². The Morgan fingerprint density at radius 1 is 1.54 bits per heavy atom. The molecular formula is C9H11N3O. The number of carbonyl (C=O) groups excluding carboxylic acids is 1. The Morgan fingerprint density at radius 2 is 2.38 bits per heavy atom. The van der Waals surface area contributed by atoms with E-state index in [1.54, 1.807) is 12.4 Å². The van der Waals surface area contributed by atoms with E-state index in [4.69, 9.17) is 0 Å². The molecule has 0 bridgehead atoms. The third-order valence-electron chi connectivity index (χ3n) is 1.99. The van der Waals surface area contributed by atoms with Crippen LogP contribution in [0, 0.1) is 0 Å². The van der Waals surface area contributed by atoms with E-state index in [1.165, 1.54) is 0 Å². The quantitative estimate of drug-likeness (QED) is 0.626. The normalized spacial score (nSPS) is 21.0. The van der Waals surface area contributed by atoms with Crippen LogP contribution < -0.4 is 10.6 Å². The molecule has 0 saturated heterocycles. The summed E-state index contributed by atoms with van der Waals surface area (Å²) in [6, 6.07) is 2.03. The van der Waals surface area contributed by atoms with E-state index < -0.39 is 0 Å². The lowest BCUT2D eigenvalue weighted by atomic mass is 10.2. The van der Waals surface area contributed by atoms with Gasteiger partial charge in [0, 0.05) is 18.7 Å². The number of hydrogen-bond donors (Lipinski definition) is 2. The number of carbonyl (C=O) groups is 1. The molecule has 0 saturated carbocycles. The van der Waals surface area contributed by atoms with Gasteiger partial charge in [-0.25, -0.2) is 0 Å². The van der Waals surface area contributed by atoms with Gasteiger partial charge in [-0.2, -0.15) is 0 Å². The minimum Gasteiger partial charge on any atom is -0.380 e. The van der Waals surface area contributed by atoms with E-state index in [-0.39, 0.29) is 11.9 Å². The Labute approximate surface area is 76.4 Å². The highest BCUT2D eigenvalue weighted by Gasteiger charge is 2.16. The fourth-order valence-corrected chi connectivity index (χ4v) is 1.42. The summed E-state index contributed by atoms with van der Waals surface area (Å²) >= 11 is 0. The SMILES string of the molecule is CC1CC(=O)Nc2cnccc2N1. The molecule has 1 aliphatic heterocycles. The molecule has 4 nitrogen and oxygen atoms in total. The first kappa shape index (κ1) is 8.04. The van der Waals surface area contributed by atoms with E-state index in [9.17, 15) is 4.79 Å². The molecule has 0 aromatic carbocycles. The Hall–Kier alpha value is -1.58. The number of hydrogen-bond acceptors (Lipinski definition) is 3. The summed E-state index contributed by atoms with van der Waals surface area (Å²) in [4.78, 5) is 15.2. The van der Waals surface area contributed by atoms with Crippen molar-refractivity contribution in [1.29, 1.82) is 0 Å². The average molecular weight is 177 g/mol. The maximum absolute atomic E-state index is 11.3. The highest BCUT2D eigenvalue weighted by Crippen LogP contribution is 2.23. The van der Waals surface area contributed by atoms with E-state index in [0.29, 0.717) is 6.42 Å².